The zero-order valence-corrected chi connectivity index (χ0v) is 16.2. The van der Waals surface area contributed by atoms with E-state index < -0.39 is 0 Å². The smallest absolute Gasteiger partial charge is 0.0821 e. The Morgan fingerprint density at radius 2 is 2.04 bits per heavy atom. The van der Waals surface area contributed by atoms with Crippen LogP contribution in [0.4, 0.5) is 0 Å². The van der Waals surface area contributed by atoms with Crippen molar-refractivity contribution in [1.29, 1.82) is 0 Å². The van der Waals surface area contributed by atoms with E-state index in [2.05, 4.69) is 64.1 Å². The molecule has 0 spiro atoms. The molecule has 1 nitrogen and oxygen atoms in total. The second-order valence-electron chi connectivity index (χ2n) is 7.80. The van der Waals surface area contributed by atoms with Gasteiger partial charge in [-0.15, -0.1) is 0 Å². The SMILES string of the molecule is CCCCC(OC)c1cccc(/C=C/C2=C(C)CCCC2(C)C)c1. The highest BCUT2D eigenvalue weighted by Crippen LogP contribution is 2.41. The van der Waals surface area contributed by atoms with Gasteiger partial charge in [-0.1, -0.05) is 69.5 Å². The lowest BCUT2D eigenvalue weighted by atomic mass is 9.72. The minimum absolute atomic E-state index is 0.213. The Morgan fingerprint density at radius 1 is 1.25 bits per heavy atom. The number of unbranched alkanes of at least 4 members (excludes halogenated alkanes) is 1. The molecule has 0 heterocycles. The first kappa shape index (κ1) is 19.0. The third-order valence-corrected chi connectivity index (χ3v) is 5.37. The van der Waals surface area contributed by atoms with Gasteiger partial charge in [0.1, 0.15) is 0 Å². The normalized spacial score (nSPS) is 19.0. The fourth-order valence-electron chi connectivity index (χ4n) is 3.86. The third kappa shape index (κ3) is 4.83. The first-order valence-corrected chi connectivity index (χ1v) is 9.49. The summed E-state index contributed by atoms with van der Waals surface area (Å²) < 4.78 is 5.70. The van der Waals surface area contributed by atoms with Crippen LogP contribution in [0.25, 0.3) is 6.08 Å². The van der Waals surface area contributed by atoms with Crippen molar-refractivity contribution in [2.24, 2.45) is 5.41 Å². The Balaban J connectivity index is 2.20. The summed E-state index contributed by atoms with van der Waals surface area (Å²) in [6.07, 6.45) is 12.2. The molecule has 0 fully saturated rings. The predicted molar refractivity (Wildman–Crippen MR) is 105 cm³/mol. The molecule has 1 atom stereocenters. The molecular weight excluding hydrogens is 292 g/mol. The monoisotopic (exact) mass is 326 g/mol. The number of ether oxygens (including phenoxy) is 1. The number of hydrogen-bond donors (Lipinski definition) is 0. The second kappa shape index (κ2) is 8.67. The fraction of sp³-hybridized carbons (Fsp3) is 0.565. The average Bonchev–Trinajstić information content (AvgIpc) is 2.55. The molecule has 1 heteroatoms. The standard InChI is InChI=1S/C23H34O/c1-6-7-13-22(24-5)20-12-8-11-19(17-20)14-15-21-18(2)10-9-16-23(21,3)4/h8,11-12,14-15,17,22H,6-7,9-10,13,16H2,1-5H3/b15-14+. The van der Waals surface area contributed by atoms with Crippen molar-refractivity contribution in [2.45, 2.75) is 72.3 Å². The van der Waals surface area contributed by atoms with Crippen LogP contribution in [0.3, 0.4) is 0 Å². The van der Waals surface area contributed by atoms with Crippen LogP contribution in [0.1, 0.15) is 83.5 Å². The summed E-state index contributed by atoms with van der Waals surface area (Å²) in [5, 5.41) is 0. The van der Waals surface area contributed by atoms with Crippen molar-refractivity contribution in [2.75, 3.05) is 7.11 Å². The van der Waals surface area contributed by atoms with Crippen molar-refractivity contribution in [3.05, 3.63) is 52.6 Å². The van der Waals surface area contributed by atoms with E-state index in [1.807, 2.05) is 7.11 Å². The van der Waals surface area contributed by atoms with Crippen LogP contribution >= 0.6 is 0 Å². The topological polar surface area (TPSA) is 9.23 Å². The van der Waals surface area contributed by atoms with E-state index in [9.17, 15) is 0 Å². The largest absolute Gasteiger partial charge is 0.377 e. The summed E-state index contributed by atoms with van der Waals surface area (Å²) in [5.41, 5.74) is 5.94. The molecule has 24 heavy (non-hydrogen) atoms. The van der Waals surface area contributed by atoms with E-state index in [1.54, 1.807) is 5.57 Å². The zero-order chi connectivity index (χ0) is 17.6. The molecule has 1 aliphatic carbocycles. The maximum absolute atomic E-state index is 5.70. The highest BCUT2D eigenvalue weighted by atomic mass is 16.5. The molecule has 0 N–H and O–H groups in total. The van der Waals surface area contributed by atoms with Crippen LogP contribution < -0.4 is 0 Å². The van der Waals surface area contributed by atoms with Gasteiger partial charge in [0.25, 0.3) is 0 Å². The van der Waals surface area contributed by atoms with Crippen molar-refractivity contribution in [3.8, 4) is 0 Å². The molecule has 0 aliphatic heterocycles. The maximum atomic E-state index is 5.70. The number of benzene rings is 1. The molecule has 1 aliphatic rings. The lowest BCUT2D eigenvalue weighted by molar-refractivity contribution is 0.0936. The Morgan fingerprint density at radius 3 is 2.71 bits per heavy atom. The molecule has 0 radical (unpaired) electrons. The summed E-state index contributed by atoms with van der Waals surface area (Å²) >= 11 is 0. The van der Waals surface area contributed by atoms with Gasteiger partial charge in [0.15, 0.2) is 0 Å². The highest BCUT2D eigenvalue weighted by molar-refractivity contribution is 5.55. The summed E-state index contributed by atoms with van der Waals surface area (Å²) in [6.45, 7) is 9.27. The lowest BCUT2D eigenvalue weighted by Crippen LogP contribution is -2.18. The van der Waals surface area contributed by atoms with Gasteiger partial charge >= 0.3 is 0 Å². The van der Waals surface area contributed by atoms with Crippen LogP contribution in [-0.2, 0) is 4.74 Å². The van der Waals surface area contributed by atoms with Crippen LogP contribution in [0.5, 0.6) is 0 Å². The van der Waals surface area contributed by atoms with Crippen LogP contribution in [-0.4, -0.2) is 7.11 Å². The Kier molecular flexibility index (Phi) is 6.86. The summed E-state index contributed by atoms with van der Waals surface area (Å²) in [6, 6.07) is 8.82. The molecule has 0 bridgehead atoms. The molecule has 2 rings (SSSR count). The number of allylic oxidation sites excluding steroid dienone is 3. The Labute approximate surface area is 148 Å². The van der Waals surface area contributed by atoms with E-state index in [-0.39, 0.29) is 6.10 Å². The molecule has 0 saturated carbocycles. The number of methoxy groups -OCH3 is 1. The van der Waals surface area contributed by atoms with E-state index in [0.29, 0.717) is 5.41 Å². The minimum atomic E-state index is 0.213. The number of rotatable bonds is 7. The molecule has 132 valence electrons. The molecule has 1 aromatic carbocycles. The Bertz CT molecular complexity index is 592. The van der Waals surface area contributed by atoms with Crippen LogP contribution in [0.15, 0.2) is 41.5 Å². The summed E-state index contributed by atoms with van der Waals surface area (Å²) in [7, 11) is 1.82. The second-order valence-corrected chi connectivity index (χ2v) is 7.80. The van der Waals surface area contributed by atoms with Crippen molar-refractivity contribution >= 4 is 6.08 Å². The van der Waals surface area contributed by atoms with E-state index >= 15 is 0 Å². The van der Waals surface area contributed by atoms with Gasteiger partial charge in [0.05, 0.1) is 6.10 Å². The molecule has 0 saturated heterocycles. The van der Waals surface area contributed by atoms with Gasteiger partial charge in [0.2, 0.25) is 0 Å². The van der Waals surface area contributed by atoms with E-state index in [4.69, 9.17) is 4.74 Å². The number of hydrogen-bond acceptors (Lipinski definition) is 1. The third-order valence-electron chi connectivity index (χ3n) is 5.37. The zero-order valence-electron chi connectivity index (χ0n) is 16.2. The molecule has 0 amide bonds. The molecule has 1 aromatic rings. The summed E-state index contributed by atoms with van der Waals surface area (Å²) in [5.74, 6) is 0. The van der Waals surface area contributed by atoms with Crippen molar-refractivity contribution in [1.82, 2.24) is 0 Å². The van der Waals surface area contributed by atoms with Crippen molar-refractivity contribution in [3.63, 3.8) is 0 Å². The van der Waals surface area contributed by atoms with E-state index in [1.165, 1.54) is 48.8 Å². The maximum Gasteiger partial charge on any atom is 0.0821 e. The first-order chi connectivity index (χ1) is 11.5. The first-order valence-electron chi connectivity index (χ1n) is 9.49. The molecule has 1 unspecified atom stereocenters. The molecular formula is C23H34O. The van der Waals surface area contributed by atoms with Gasteiger partial charge in [-0.05, 0) is 60.8 Å². The van der Waals surface area contributed by atoms with Crippen molar-refractivity contribution < 1.29 is 4.74 Å². The lowest BCUT2D eigenvalue weighted by Gasteiger charge is -2.32. The van der Waals surface area contributed by atoms with Gasteiger partial charge in [-0.2, -0.15) is 0 Å². The molecule has 0 aromatic heterocycles. The van der Waals surface area contributed by atoms with Crippen LogP contribution in [0.2, 0.25) is 0 Å². The highest BCUT2D eigenvalue weighted by Gasteiger charge is 2.26. The van der Waals surface area contributed by atoms with Gasteiger partial charge < -0.3 is 4.74 Å². The predicted octanol–water partition coefficient (Wildman–Crippen LogP) is 7.10. The van der Waals surface area contributed by atoms with Gasteiger partial charge in [0, 0.05) is 7.11 Å². The van der Waals surface area contributed by atoms with Gasteiger partial charge in [-0.3, -0.25) is 0 Å². The quantitative estimate of drug-likeness (QED) is 0.519. The average molecular weight is 327 g/mol. The summed E-state index contributed by atoms with van der Waals surface area (Å²) in [4.78, 5) is 0. The fourth-order valence-corrected chi connectivity index (χ4v) is 3.86. The van der Waals surface area contributed by atoms with Gasteiger partial charge in [-0.25, -0.2) is 0 Å². The Hall–Kier alpha value is -1.34. The van der Waals surface area contributed by atoms with E-state index in [0.717, 1.165) is 6.42 Å². The van der Waals surface area contributed by atoms with Crippen LogP contribution in [0, 0.1) is 5.41 Å². The minimum Gasteiger partial charge on any atom is -0.377 e.